The second-order valence-corrected chi connectivity index (χ2v) is 10.9. The van der Waals surface area contributed by atoms with E-state index >= 15 is 0 Å². The number of benzene rings is 1. The molecule has 192 valence electrons. The zero-order valence-corrected chi connectivity index (χ0v) is 22.5. The molecule has 3 aliphatic heterocycles. The fourth-order valence-corrected chi connectivity index (χ4v) is 6.29. The van der Waals surface area contributed by atoms with E-state index in [0.29, 0.717) is 39.4 Å². The Balaban J connectivity index is 1.54. The summed E-state index contributed by atoms with van der Waals surface area (Å²) in [6, 6.07) is 7.69. The number of thioether (sulfide) groups is 1. The number of nitrogens with zero attached hydrogens (tertiary/aromatic N) is 4. The molecule has 1 amide bonds. The average molecular weight is 537 g/mol. The minimum Gasteiger partial charge on any atom is -0.454 e. The van der Waals surface area contributed by atoms with Gasteiger partial charge in [-0.1, -0.05) is 42.9 Å². The molecule has 4 heterocycles. The van der Waals surface area contributed by atoms with E-state index in [2.05, 4.69) is 11.0 Å². The van der Waals surface area contributed by atoms with Gasteiger partial charge >= 0.3 is 0 Å². The molecule has 1 aromatic heterocycles. The predicted octanol–water partition coefficient (Wildman–Crippen LogP) is 4.56. The van der Waals surface area contributed by atoms with Gasteiger partial charge in [0, 0.05) is 25.2 Å². The van der Waals surface area contributed by atoms with Crippen molar-refractivity contribution in [3.63, 3.8) is 0 Å². The molecule has 0 bridgehead atoms. The maximum atomic E-state index is 13.5. The number of rotatable bonds is 5. The van der Waals surface area contributed by atoms with Crippen LogP contribution in [0, 0.1) is 18.3 Å². The molecule has 2 fully saturated rings. The van der Waals surface area contributed by atoms with Crippen molar-refractivity contribution in [3.8, 4) is 17.6 Å². The highest BCUT2D eigenvalue weighted by molar-refractivity contribution is 8.26. The third-order valence-corrected chi connectivity index (χ3v) is 8.37. The Morgan fingerprint density at radius 1 is 1.14 bits per heavy atom. The van der Waals surface area contributed by atoms with Crippen LogP contribution >= 0.6 is 24.0 Å². The van der Waals surface area contributed by atoms with E-state index in [4.69, 9.17) is 21.7 Å². The standard InChI is InChI=1S/C27H28N4O4S2/c1-3-30-24(29-10-6-4-5-7-11-29)19(17(2)20(14-28)25(30)32)13-23-26(33)31(27(36)37-23)15-18-8-9-21-22(12-18)35-16-34-21/h8-9,12-13H,3-7,10-11,15-16H2,1-2H3/b23-13+. The molecule has 8 nitrogen and oxygen atoms in total. The molecule has 37 heavy (non-hydrogen) atoms. The summed E-state index contributed by atoms with van der Waals surface area (Å²) < 4.78 is 13.0. The number of ether oxygens (including phenoxy) is 2. The van der Waals surface area contributed by atoms with Crippen molar-refractivity contribution in [1.29, 1.82) is 5.26 Å². The highest BCUT2D eigenvalue weighted by Crippen LogP contribution is 2.38. The van der Waals surface area contributed by atoms with Crippen LogP contribution in [0.1, 0.15) is 54.9 Å². The first-order valence-corrected chi connectivity index (χ1v) is 13.7. The molecule has 0 radical (unpaired) electrons. The van der Waals surface area contributed by atoms with Gasteiger partial charge in [0.05, 0.1) is 11.4 Å². The molecule has 0 saturated carbocycles. The van der Waals surface area contributed by atoms with Crippen LogP contribution in [0.15, 0.2) is 27.9 Å². The summed E-state index contributed by atoms with van der Waals surface area (Å²) in [7, 11) is 0. The Kier molecular flexibility index (Phi) is 7.26. The van der Waals surface area contributed by atoms with E-state index in [-0.39, 0.29) is 23.8 Å². The van der Waals surface area contributed by atoms with Gasteiger partial charge in [-0.2, -0.15) is 5.26 Å². The summed E-state index contributed by atoms with van der Waals surface area (Å²) in [5.41, 5.74) is 2.05. The van der Waals surface area contributed by atoms with Crippen molar-refractivity contribution in [3.05, 3.63) is 55.7 Å². The van der Waals surface area contributed by atoms with Crippen molar-refractivity contribution < 1.29 is 14.3 Å². The number of nitriles is 1. The van der Waals surface area contributed by atoms with Crippen molar-refractivity contribution >= 4 is 46.1 Å². The number of hydrogen-bond acceptors (Lipinski definition) is 8. The first-order valence-electron chi connectivity index (χ1n) is 12.5. The fraction of sp³-hybridized carbons (Fsp3) is 0.407. The Bertz CT molecular complexity index is 1400. The summed E-state index contributed by atoms with van der Waals surface area (Å²) >= 11 is 6.83. The van der Waals surface area contributed by atoms with Gasteiger partial charge in [0.1, 0.15) is 21.8 Å². The van der Waals surface area contributed by atoms with Gasteiger partial charge in [-0.05, 0) is 56.0 Å². The van der Waals surface area contributed by atoms with Crippen LogP contribution in [0.2, 0.25) is 0 Å². The third-order valence-electron chi connectivity index (χ3n) is 6.99. The van der Waals surface area contributed by atoms with Crippen LogP contribution in [0.25, 0.3) is 6.08 Å². The van der Waals surface area contributed by atoms with Crippen LogP contribution in [-0.2, 0) is 17.9 Å². The smallest absolute Gasteiger partial charge is 0.270 e. The van der Waals surface area contributed by atoms with Crippen molar-refractivity contribution in [1.82, 2.24) is 9.47 Å². The Hall–Kier alpha value is -3.29. The minimum atomic E-state index is -0.283. The zero-order chi connectivity index (χ0) is 26.1. The summed E-state index contributed by atoms with van der Waals surface area (Å²) in [4.78, 5) is 31.0. The lowest BCUT2D eigenvalue weighted by Gasteiger charge is -2.29. The molecular formula is C27H28N4O4S2. The second-order valence-electron chi connectivity index (χ2n) is 9.26. The molecule has 0 spiro atoms. The van der Waals surface area contributed by atoms with Crippen LogP contribution in [-0.4, -0.2) is 39.6 Å². The molecule has 0 aliphatic carbocycles. The van der Waals surface area contributed by atoms with E-state index in [0.717, 1.165) is 55.7 Å². The highest BCUT2D eigenvalue weighted by atomic mass is 32.2. The number of fused-ring (bicyclic) bond motifs is 1. The van der Waals surface area contributed by atoms with Crippen molar-refractivity contribution in [2.75, 3.05) is 24.8 Å². The first-order chi connectivity index (χ1) is 17.9. The molecule has 5 rings (SSSR count). The van der Waals surface area contributed by atoms with Crippen LogP contribution in [0.4, 0.5) is 5.82 Å². The van der Waals surface area contributed by atoms with Crippen LogP contribution < -0.4 is 19.9 Å². The van der Waals surface area contributed by atoms with Gasteiger partial charge in [0.15, 0.2) is 11.5 Å². The third kappa shape index (κ3) is 4.74. The number of carbonyl (C=O) groups excluding carboxylic acids is 1. The summed E-state index contributed by atoms with van der Waals surface area (Å²) in [5.74, 6) is 1.93. The molecule has 10 heteroatoms. The fourth-order valence-electron chi connectivity index (χ4n) is 5.05. The van der Waals surface area contributed by atoms with E-state index < -0.39 is 0 Å². The molecule has 0 atom stereocenters. The monoisotopic (exact) mass is 536 g/mol. The highest BCUT2D eigenvalue weighted by Gasteiger charge is 2.33. The maximum absolute atomic E-state index is 13.5. The number of anilines is 1. The topological polar surface area (TPSA) is 87.8 Å². The minimum absolute atomic E-state index is 0.113. The van der Waals surface area contributed by atoms with Gasteiger partial charge < -0.3 is 14.4 Å². The molecule has 0 unspecified atom stereocenters. The second kappa shape index (κ2) is 10.6. The Morgan fingerprint density at radius 3 is 2.57 bits per heavy atom. The summed E-state index contributed by atoms with van der Waals surface area (Å²) in [5, 5.41) is 9.80. The van der Waals surface area contributed by atoms with Gasteiger partial charge in [0.2, 0.25) is 6.79 Å². The molecule has 2 saturated heterocycles. The first kappa shape index (κ1) is 25.4. The van der Waals surface area contributed by atoms with Crippen molar-refractivity contribution in [2.24, 2.45) is 0 Å². The Labute approximate surface area is 225 Å². The maximum Gasteiger partial charge on any atom is 0.270 e. The average Bonchev–Trinajstić information content (AvgIpc) is 3.33. The number of carbonyl (C=O) groups is 1. The molecule has 1 aromatic carbocycles. The van der Waals surface area contributed by atoms with Gasteiger partial charge in [0.25, 0.3) is 11.5 Å². The van der Waals surface area contributed by atoms with Crippen LogP contribution in [0.5, 0.6) is 11.5 Å². The predicted molar refractivity (Wildman–Crippen MR) is 148 cm³/mol. The Morgan fingerprint density at radius 2 is 1.86 bits per heavy atom. The van der Waals surface area contributed by atoms with Gasteiger partial charge in [-0.3, -0.25) is 19.1 Å². The van der Waals surface area contributed by atoms with Gasteiger partial charge in [-0.15, -0.1) is 0 Å². The molecule has 3 aliphatic rings. The number of hydrogen-bond donors (Lipinski definition) is 0. The van der Waals surface area contributed by atoms with E-state index in [1.54, 1.807) is 16.4 Å². The number of thiocarbonyl (C=S) groups is 1. The lowest BCUT2D eigenvalue weighted by Crippen LogP contribution is -2.35. The van der Waals surface area contributed by atoms with Crippen molar-refractivity contribution in [2.45, 2.75) is 52.6 Å². The SMILES string of the molecule is CCn1c(N2CCCCCC2)c(/C=C2/SC(=S)N(Cc3ccc4c(c3)OCO4)C2=O)c(C)c(C#N)c1=O. The van der Waals surface area contributed by atoms with E-state index in [1.807, 2.05) is 31.2 Å². The number of amides is 1. The quantitative estimate of drug-likeness (QED) is 0.406. The molecule has 2 aromatic rings. The normalized spacial score (nSPS) is 18.5. The number of pyridine rings is 1. The van der Waals surface area contributed by atoms with E-state index in [9.17, 15) is 14.9 Å². The summed E-state index contributed by atoms with van der Waals surface area (Å²) in [6.07, 6.45) is 6.19. The molecular weight excluding hydrogens is 508 g/mol. The zero-order valence-electron chi connectivity index (χ0n) is 20.9. The lowest BCUT2D eigenvalue weighted by molar-refractivity contribution is -0.122. The number of aromatic nitrogens is 1. The summed E-state index contributed by atoms with van der Waals surface area (Å²) in [6.45, 7) is 6.30. The van der Waals surface area contributed by atoms with Crippen LogP contribution in [0.3, 0.4) is 0 Å². The van der Waals surface area contributed by atoms with E-state index in [1.165, 1.54) is 11.8 Å². The molecule has 0 N–H and O–H groups in total. The lowest BCUT2D eigenvalue weighted by atomic mass is 10.0. The largest absolute Gasteiger partial charge is 0.454 e. The van der Waals surface area contributed by atoms with Gasteiger partial charge in [-0.25, -0.2) is 0 Å².